The fraction of sp³-hybridized carbons (Fsp3) is 0.200. The van der Waals surface area contributed by atoms with E-state index in [1.165, 1.54) is 5.56 Å². The lowest BCUT2D eigenvalue weighted by atomic mass is 10.1. The monoisotopic (exact) mass is 279 g/mol. The quantitative estimate of drug-likeness (QED) is 0.757. The normalized spacial score (nSPS) is 10.3. The highest BCUT2D eigenvalue weighted by Gasteiger charge is 1.98. The summed E-state index contributed by atoms with van der Waals surface area (Å²) < 4.78 is 0. The van der Waals surface area contributed by atoms with Crippen LogP contribution >= 0.6 is 23.2 Å². The SMILES string of the molecule is Clc1cc(Cl)cc(CCCNc2ccccc2)c1. The first kappa shape index (κ1) is 13.3. The Morgan fingerprint density at radius 2 is 1.56 bits per heavy atom. The molecule has 0 heterocycles. The minimum atomic E-state index is 0.702. The Hall–Kier alpha value is -1.18. The van der Waals surface area contributed by atoms with Crippen molar-refractivity contribution in [2.75, 3.05) is 11.9 Å². The van der Waals surface area contributed by atoms with Crippen LogP contribution in [0.3, 0.4) is 0 Å². The zero-order valence-corrected chi connectivity index (χ0v) is 11.5. The first-order valence-electron chi connectivity index (χ1n) is 5.98. The van der Waals surface area contributed by atoms with Gasteiger partial charge < -0.3 is 5.32 Å². The Morgan fingerprint density at radius 3 is 2.22 bits per heavy atom. The molecule has 0 saturated heterocycles. The van der Waals surface area contributed by atoms with E-state index in [-0.39, 0.29) is 0 Å². The highest BCUT2D eigenvalue weighted by molar-refractivity contribution is 6.34. The van der Waals surface area contributed by atoms with Gasteiger partial charge in [-0.3, -0.25) is 0 Å². The third-order valence-electron chi connectivity index (χ3n) is 2.67. The van der Waals surface area contributed by atoms with Crippen molar-refractivity contribution < 1.29 is 0 Å². The molecule has 94 valence electrons. The molecule has 2 aromatic carbocycles. The zero-order chi connectivity index (χ0) is 12.8. The lowest BCUT2D eigenvalue weighted by Crippen LogP contribution is -2.02. The van der Waals surface area contributed by atoms with E-state index in [1.54, 1.807) is 6.07 Å². The van der Waals surface area contributed by atoms with Gasteiger partial charge in [-0.2, -0.15) is 0 Å². The number of halogens is 2. The van der Waals surface area contributed by atoms with Crippen molar-refractivity contribution in [1.82, 2.24) is 0 Å². The van der Waals surface area contributed by atoms with E-state index in [9.17, 15) is 0 Å². The predicted molar refractivity (Wildman–Crippen MR) is 79.7 cm³/mol. The molecule has 3 heteroatoms. The molecule has 2 rings (SSSR count). The molecule has 0 aliphatic carbocycles. The van der Waals surface area contributed by atoms with Crippen LogP contribution in [0.25, 0.3) is 0 Å². The first-order chi connectivity index (χ1) is 8.74. The van der Waals surface area contributed by atoms with Crippen LogP contribution in [0, 0.1) is 0 Å². The molecule has 18 heavy (non-hydrogen) atoms. The van der Waals surface area contributed by atoms with Gasteiger partial charge in [0.15, 0.2) is 0 Å². The van der Waals surface area contributed by atoms with Crippen molar-refractivity contribution in [2.24, 2.45) is 0 Å². The Morgan fingerprint density at radius 1 is 0.889 bits per heavy atom. The second-order valence-electron chi connectivity index (χ2n) is 4.17. The largest absolute Gasteiger partial charge is 0.385 e. The molecular weight excluding hydrogens is 265 g/mol. The fourth-order valence-corrected chi connectivity index (χ4v) is 2.41. The van der Waals surface area contributed by atoms with Crippen LogP contribution < -0.4 is 5.32 Å². The van der Waals surface area contributed by atoms with Gasteiger partial charge in [-0.25, -0.2) is 0 Å². The van der Waals surface area contributed by atoms with Crippen molar-refractivity contribution in [3.8, 4) is 0 Å². The maximum atomic E-state index is 5.96. The van der Waals surface area contributed by atoms with Crippen LogP contribution in [-0.2, 0) is 6.42 Å². The van der Waals surface area contributed by atoms with E-state index in [2.05, 4.69) is 17.4 Å². The average Bonchev–Trinajstić information content (AvgIpc) is 2.35. The van der Waals surface area contributed by atoms with Crippen molar-refractivity contribution >= 4 is 28.9 Å². The summed E-state index contributed by atoms with van der Waals surface area (Å²) in [4.78, 5) is 0. The van der Waals surface area contributed by atoms with E-state index in [0.717, 1.165) is 25.1 Å². The highest BCUT2D eigenvalue weighted by atomic mass is 35.5. The molecule has 0 saturated carbocycles. The van der Waals surface area contributed by atoms with E-state index in [1.807, 2.05) is 30.3 Å². The van der Waals surface area contributed by atoms with Gasteiger partial charge in [0, 0.05) is 22.3 Å². The predicted octanol–water partition coefficient (Wildman–Crippen LogP) is 5.04. The third kappa shape index (κ3) is 4.25. The Balaban J connectivity index is 1.78. The summed E-state index contributed by atoms with van der Waals surface area (Å²) in [6, 6.07) is 15.9. The number of hydrogen-bond donors (Lipinski definition) is 1. The van der Waals surface area contributed by atoms with E-state index in [4.69, 9.17) is 23.2 Å². The molecule has 0 spiro atoms. The highest BCUT2D eigenvalue weighted by Crippen LogP contribution is 2.20. The minimum absolute atomic E-state index is 0.702. The van der Waals surface area contributed by atoms with Gasteiger partial charge in [0.1, 0.15) is 0 Å². The topological polar surface area (TPSA) is 12.0 Å². The van der Waals surface area contributed by atoms with Crippen molar-refractivity contribution in [1.29, 1.82) is 0 Å². The van der Waals surface area contributed by atoms with Gasteiger partial charge in [0.2, 0.25) is 0 Å². The van der Waals surface area contributed by atoms with Crippen LogP contribution in [0.1, 0.15) is 12.0 Å². The molecule has 0 atom stereocenters. The maximum Gasteiger partial charge on any atom is 0.0423 e. The molecule has 0 bridgehead atoms. The number of anilines is 1. The van der Waals surface area contributed by atoms with Gasteiger partial charge >= 0.3 is 0 Å². The molecule has 0 fully saturated rings. The van der Waals surface area contributed by atoms with Crippen LogP contribution in [0.4, 0.5) is 5.69 Å². The Bertz CT molecular complexity index is 477. The Labute approximate surface area is 118 Å². The first-order valence-corrected chi connectivity index (χ1v) is 6.73. The van der Waals surface area contributed by atoms with Crippen molar-refractivity contribution in [3.63, 3.8) is 0 Å². The molecule has 2 aromatic rings. The van der Waals surface area contributed by atoms with Crippen LogP contribution in [0.2, 0.25) is 10.0 Å². The third-order valence-corrected chi connectivity index (χ3v) is 3.10. The smallest absolute Gasteiger partial charge is 0.0423 e. The van der Waals surface area contributed by atoms with Crippen molar-refractivity contribution in [3.05, 3.63) is 64.1 Å². The number of hydrogen-bond acceptors (Lipinski definition) is 1. The zero-order valence-electron chi connectivity index (χ0n) is 10.00. The van der Waals surface area contributed by atoms with Crippen LogP contribution in [0.15, 0.2) is 48.5 Å². The van der Waals surface area contributed by atoms with Gasteiger partial charge in [-0.1, -0.05) is 41.4 Å². The summed E-state index contributed by atoms with van der Waals surface area (Å²) >= 11 is 11.9. The maximum absolute atomic E-state index is 5.96. The summed E-state index contributed by atoms with van der Waals surface area (Å²) in [5.74, 6) is 0. The lowest BCUT2D eigenvalue weighted by Gasteiger charge is -2.06. The van der Waals surface area contributed by atoms with Gasteiger partial charge in [0.05, 0.1) is 0 Å². The number of nitrogens with one attached hydrogen (secondary N) is 1. The standard InChI is InChI=1S/C15H15Cl2N/c16-13-9-12(10-14(17)11-13)5-4-8-18-15-6-2-1-3-7-15/h1-3,6-7,9-11,18H,4-5,8H2. The summed E-state index contributed by atoms with van der Waals surface area (Å²) in [6.45, 7) is 0.939. The average molecular weight is 280 g/mol. The van der Waals surface area contributed by atoms with Gasteiger partial charge in [-0.05, 0) is 48.7 Å². The number of rotatable bonds is 5. The van der Waals surface area contributed by atoms with Crippen LogP contribution in [-0.4, -0.2) is 6.54 Å². The molecule has 0 aliphatic heterocycles. The van der Waals surface area contributed by atoms with Gasteiger partial charge in [0.25, 0.3) is 0 Å². The second-order valence-corrected chi connectivity index (χ2v) is 5.05. The lowest BCUT2D eigenvalue weighted by molar-refractivity contribution is 0.863. The van der Waals surface area contributed by atoms with E-state index in [0.29, 0.717) is 10.0 Å². The number of para-hydroxylation sites is 1. The van der Waals surface area contributed by atoms with E-state index < -0.39 is 0 Å². The number of benzene rings is 2. The minimum Gasteiger partial charge on any atom is -0.385 e. The van der Waals surface area contributed by atoms with Crippen LogP contribution in [0.5, 0.6) is 0 Å². The summed E-state index contributed by atoms with van der Waals surface area (Å²) in [7, 11) is 0. The summed E-state index contributed by atoms with van der Waals surface area (Å²) in [5.41, 5.74) is 2.34. The molecule has 0 aliphatic rings. The Kier molecular flexibility index (Phi) is 4.91. The molecule has 1 N–H and O–H groups in total. The van der Waals surface area contributed by atoms with Gasteiger partial charge in [-0.15, -0.1) is 0 Å². The molecule has 0 amide bonds. The second kappa shape index (κ2) is 6.67. The molecular formula is C15H15Cl2N. The summed E-state index contributed by atoms with van der Waals surface area (Å²) in [6.07, 6.45) is 2.02. The molecule has 0 aromatic heterocycles. The number of aryl methyl sites for hydroxylation is 1. The van der Waals surface area contributed by atoms with E-state index >= 15 is 0 Å². The molecule has 0 unspecified atom stereocenters. The fourth-order valence-electron chi connectivity index (χ4n) is 1.84. The molecule has 0 radical (unpaired) electrons. The summed E-state index contributed by atoms with van der Waals surface area (Å²) in [5, 5.41) is 4.78. The van der Waals surface area contributed by atoms with Crippen molar-refractivity contribution in [2.45, 2.75) is 12.8 Å². The molecule has 1 nitrogen and oxygen atoms in total.